The third-order valence-electron chi connectivity index (χ3n) is 2.63. The first-order valence-corrected chi connectivity index (χ1v) is 5.55. The molecule has 1 aliphatic heterocycles. The standard InChI is InChI=1S/C12H16N2O2.ClH/c15-12(11-7-4-8-13-11)14-16-9-10-5-2-1-3-6-10;/h1-3,5-6,11,13H,4,7-9H2,(H,14,15);1H/t11-;/m1./s1. The predicted molar refractivity (Wildman–Crippen MR) is 67.6 cm³/mol. The first kappa shape index (κ1) is 14.0. The lowest BCUT2D eigenvalue weighted by molar-refractivity contribution is -0.136. The molecule has 1 fully saturated rings. The van der Waals surface area contributed by atoms with E-state index >= 15 is 0 Å². The molecule has 1 aromatic carbocycles. The van der Waals surface area contributed by atoms with Gasteiger partial charge in [0, 0.05) is 0 Å². The summed E-state index contributed by atoms with van der Waals surface area (Å²) in [6.45, 7) is 1.32. The third-order valence-corrected chi connectivity index (χ3v) is 2.63. The second-order valence-corrected chi connectivity index (χ2v) is 3.89. The Morgan fingerprint density at radius 3 is 2.82 bits per heavy atom. The summed E-state index contributed by atoms with van der Waals surface area (Å²) in [4.78, 5) is 16.7. The van der Waals surface area contributed by atoms with Crippen LogP contribution in [0.3, 0.4) is 0 Å². The fraction of sp³-hybridized carbons (Fsp3) is 0.417. The van der Waals surface area contributed by atoms with E-state index in [0.29, 0.717) is 6.61 Å². The highest BCUT2D eigenvalue weighted by Crippen LogP contribution is 2.05. The van der Waals surface area contributed by atoms with Gasteiger partial charge in [0.2, 0.25) is 0 Å². The van der Waals surface area contributed by atoms with Crippen LogP contribution in [0.2, 0.25) is 0 Å². The molecule has 5 heteroatoms. The van der Waals surface area contributed by atoms with Crippen molar-refractivity contribution in [3.63, 3.8) is 0 Å². The summed E-state index contributed by atoms with van der Waals surface area (Å²) < 4.78 is 0. The lowest BCUT2D eigenvalue weighted by Crippen LogP contribution is -2.40. The van der Waals surface area contributed by atoms with E-state index in [-0.39, 0.29) is 24.4 Å². The van der Waals surface area contributed by atoms with Gasteiger partial charge < -0.3 is 5.32 Å². The van der Waals surface area contributed by atoms with Crippen molar-refractivity contribution in [3.8, 4) is 0 Å². The van der Waals surface area contributed by atoms with E-state index in [9.17, 15) is 4.79 Å². The van der Waals surface area contributed by atoms with Crippen molar-refractivity contribution < 1.29 is 9.63 Å². The van der Waals surface area contributed by atoms with Gasteiger partial charge in [-0.2, -0.15) is 0 Å². The molecule has 1 heterocycles. The van der Waals surface area contributed by atoms with Crippen LogP contribution in [0.5, 0.6) is 0 Å². The van der Waals surface area contributed by atoms with Crippen LogP contribution < -0.4 is 10.8 Å². The molecule has 17 heavy (non-hydrogen) atoms. The Kier molecular flexibility index (Phi) is 5.97. The maximum Gasteiger partial charge on any atom is 0.260 e. The summed E-state index contributed by atoms with van der Waals surface area (Å²) in [6.07, 6.45) is 1.94. The molecule has 0 radical (unpaired) electrons. The van der Waals surface area contributed by atoms with Crippen molar-refractivity contribution in [2.24, 2.45) is 0 Å². The quantitative estimate of drug-likeness (QED) is 0.801. The van der Waals surface area contributed by atoms with Crippen molar-refractivity contribution >= 4 is 18.3 Å². The number of hydroxylamine groups is 1. The van der Waals surface area contributed by atoms with Crippen LogP contribution in [0, 0.1) is 0 Å². The van der Waals surface area contributed by atoms with Gasteiger partial charge in [-0.1, -0.05) is 30.3 Å². The molecule has 0 spiro atoms. The molecule has 1 amide bonds. The molecule has 1 aliphatic rings. The number of hydrogen-bond donors (Lipinski definition) is 2. The van der Waals surface area contributed by atoms with E-state index in [4.69, 9.17) is 4.84 Å². The van der Waals surface area contributed by atoms with E-state index in [1.165, 1.54) is 0 Å². The summed E-state index contributed by atoms with van der Waals surface area (Å²) >= 11 is 0. The Morgan fingerprint density at radius 1 is 1.41 bits per heavy atom. The van der Waals surface area contributed by atoms with Crippen LogP contribution in [0.1, 0.15) is 18.4 Å². The monoisotopic (exact) mass is 256 g/mol. The number of benzene rings is 1. The molecule has 2 N–H and O–H groups in total. The van der Waals surface area contributed by atoms with Crippen molar-refractivity contribution in [2.75, 3.05) is 6.54 Å². The predicted octanol–water partition coefficient (Wildman–Crippen LogP) is 1.41. The lowest BCUT2D eigenvalue weighted by Gasteiger charge is -2.10. The third kappa shape index (κ3) is 4.34. The van der Waals surface area contributed by atoms with Crippen molar-refractivity contribution in [3.05, 3.63) is 35.9 Å². The molecule has 1 saturated heterocycles. The van der Waals surface area contributed by atoms with Gasteiger partial charge >= 0.3 is 0 Å². The number of rotatable bonds is 4. The fourth-order valence-electron chi connectivity index (χ4n) is 1.74. The highest BCUT2D eigenvalue weighted by molar-refractivity contribution is 5.85. The molecular formula is C12H17ClN2O2. The average molecular weight is 257 g/mol. The zero-order valence-electron chi connectivity index (χ0n) is 9.52. The van der Waals surface area contributed by atoms with Gasteiger partial charge in [-0.3, -0.25) is 9.63 Å². The maximum absolute atomic E-state index is 11.5. The first-order chi connectivity index (χ1) is 7.86. The summed E-state index contributed by atoms with van der Waals surface area (Å²) in [5.41, 5.74) is 3.52. The number of carbonyl (C=O) groups is 1. The molecular weight excluding hydrogens is 240 g/mol. The molecule has 0 saturated carbocycles. The second-order valence-electron chi connectivity index (χ2n) is 3.89. The van der Waals surface area contributed by atoms with Gasteiger partial charge in [-0.25, -0.2) is 5.48 Å². The Balaban J connectivity index is 0.00000144. The molecule has 94 valence electrons. The van der Waals surface area contributed by atoms with Crippen molar-refractivity contribution in [1.29, 1.82) is 0 Å². The van der Waals surface area contributed by atoms with Crippen molar-refractivity contribution in [2.45, 2.75) is 25.5 Å². The van der Waals surface area contributed by atoms with E-state index in [2.05, 4.69) is 10.8 Å². The SMILES string of the molecule is Cl.O=C(NOCc1ccccc1)[C@H]1CCCN1. The lowest BCUT2D eigenvalue weighted by atomic mass is 10.2. The van der Waals surface area contributed by atoms with Gasteiger partial charge in [0.25, 0.3) is 5.91 Å². The molecule has 1 atom stereocenters. The normalized spacial score (nSPS) is 18.5. The fourth-order valence-corrected chi connectivity index (χ4v) is 1.74. The largest absolute Gasteiger partial charge is 0.306 e. The van der Waals surface area contributed by atoms with Crippen LogP contribution in [0.25, 0.3) is 0 Å². The summed E-state index contributed by atoms with van der Waals surface area (Å²) in [7, 11) is 0. The summed E-state index contributed by atoms with van der Waals surface area (Å²) in [6, 6.07) is 9.67. The van der Waals surface area contributed by atoms with Gasteiger partial charge in [-0.05, 0) is 24.9 Å². The molecule has 4 nitrogen and oxygen atoms in total. The van der Waals surface area contributed by atoms with E-state index in [0.717, 1.165) is 24.9 Å². The van der Waals surface area contributed by atoms with Crippen LogP contribution in [-0.4, -0.2) is 18.5 Å². The number of carbonyl (C=O) groups excluding carboxylic acids is 1. The highest BCUT2D eigenvalue weighted by Gasteiger charge is 2.21. The molecule has 0 aromatic heterocycles. The summed E-state index contributed by atoms with van der Waals surface area (Å²) in [5, 5.41) is 3.11. The Bertz CT molecular complexity index is 340. The molecule has 0 unspecified atom stereocenters. The first-order valence-electron chi connectivity index (χ1n) is 5.55. The van der Waals surface area contributed by atoms with Gasteiger partial charge in [0.15, 0.2) is 0 Å². The maximum atomic E-state index is 11.5. The smallest absolute Gasteiger partial charge is 0.260 e. The van der Waals surface area contributed by atoms with E-state index in [1.807, 2.05) is 30.3 Å². The van der Waals surface area contributed by atoms with Gasteiger partial charge in [-0.15, -0.1) is 12.4 Å². The highest BCUT2D eigenvalue weighted by atomic mass is 35.5. The number of nitrogens with one attached hydrogen (secondary N) is 2. The summed E-state index contributed by atoms with van der Waals surface area (Å²) in [5.74, 6) is -0.0755. The van der Waals surface area contributed by atoms with Crippen molar-refractivity contribution in [1.82, 2.24) is 10.8 Å². The zero-order valence-corrected chi connectivity index (χ0v) is 10.3. The topological polar surface area (TPSA) is 50.4 Å². The minimum atomic E-state index is -0.0872. The van der Waals surface area contributed by atoms with E-state index in [1.54, 1.807) is 0 Å². The zero-order chi connectivity index (χ0) is 11.2. The van der Waals surface area contributed by atoms with Crippen LogP contribution in [0.4, 0.5) is 0 Å². The van der Waals surface area contributed by atoms with Gasteiger partial charge in [0.1, 0.15) is 0 Å². The minimum absolute atomic E-state index is 0. The Labute approximate surface area is 107 Å². The number of hydrogen-bond acceptors (Lipinski definition) is 3. The molecule has 2 rings (SSSR count). The second kappa shape index (κ2) is 7.27. The molecule has 0 bridgehead atoms. The Hall–Kier alpha value is -1.10. The van der Waals surface area contributed by atoms with E-state index < -0.39 is 0 Å². The van der Waals surface area contributed by atoms with Crippen LogP contribution in [-0.2, 0) is 16.2 Å². The van der Waals surface area contributed by atoms with Crippen LogP contribution in [0.15, 0.2) is 30.3 Å². The molecule has 0 aliphatic carbocycles. The number of halogens is 1. The van der Waals surface area contributed by atoms with Gasteiger partial charge in [0.05, 0.1) is 12.6 Å². The Morgan fingerprint density at radius 2 is 2.18 bits per heavy atom. The molecule has 1 aromatic rings. The minimum Gasteiger partial charge on any atom is -0.306 e. The van der Waals surface area contributed by atoms with Crippen LogP contribution >= 0.6 is 12.4 Å². The number of amides is 1. The average Bonchev–Trinajstić information content (AvgIpc) is 2.84.